The van der Waals surface area contributed by atoms with Gasteiger partial charge in [-0.25, -0.2) is 0 Å². The van der Waals surface area contributed by atoms with Gasteiger partial charge in [-0.05, 0) is 29.4 Å². The zero-order valence-corrected chi connectivity index (χ0v) is 12.9. The Kier molecular flexibility index (Phi) is 2.89. The Balaban J connectivity index is 2.04. The molecule has 3 nitrogen and oxygen atoms in total. The first-order chi connectivity index (χ1) is 10.6. The van der Waals surface area contributed by atoms with E-state index < -0.39 is 0 Å². The monoisotopic (exact) mass is 289 g/mol. The number of benzene rings is 2. The van der Waals surface area contributed by atoms with Gasteiger partial charge < -0.3 is 0 Å². The van der Waals surface area contributed by atoms with Crippen LogP contribution in [0.1, 0.15) is 25.0 Å². The Morgan fingerprint density at radius 2 is 1.23 bits per heavy atom. The number of aromatic nitrogens is 3. The highest BCUT2D eigenvalue weighted by Crippen LogP contribution is 2.39. The van der Waals surface area contributed by atoms with Crippen molar-refractivity contribution in [3.05, 3.63) is 59.7 Å². The Morgan fingerprint density at radius 1 is 0.773 bits per heavy atom. The van der Waals surface area contributed by atoms with Crippen molar-refractivity contribution in [3.8, 4) is 22.5 Å². The van der Waals surface area contributed by atoms with E-state index in [0.29, 0.717) is 0 Å². The van der Waals surface area contributed by atoms with Gasteiger partial charge >= 0.3 is 0 Å². The van der Waals surface area contributed by atoms with Crippen LogP contribution in [0.25, 0.3) is 22.5 Å². The van der Waals surface area contributed by atoms with E-state index in [1.807, 2.05) is 0 Å². The van der Waals surface area contributed by atoms with Gasteiger partial charge in [0.25, 0.3) is 0 Å². The van der Waals surface area contributed by atoms with E-state index in [9.17, 15) is 0 Å². The largest absolute Gasteiger partial charge is 0.197 e. The van der Waals surface area contributed by atoms with Crippen molar-refractivity contribution in [1.82, 2.24) is 15.4 Å². The van der Waals surface area contributed by atoms with Gasteiger partial charge in [-0.15, -0.1) is 0 Å². The van der Waals surface area contributed by atoms with E-state index in [0.717, 1.165) is 24.2 Å². The Labute approximate surface area is 130 Å². The molecular formula is C19H19N3. The van der Waals surface area contributed by atoms with Gasteiger partial charge in [0.2, 0.25) is 0 Å². The van der Waals surface area contributed by atoms with Crippen LogP contribution in [-0.2, 0) is 12.8 Å². The fraction of sp³-hybridized carbons (Fsp3) is 0.263. The molecule has 22 heavy (non-hydrogen) atoms. The van der Waals surface area contributed by atoms with Crippen molar-refractivity contribution < 1.29 is 0 Å². The van der Waals surface area contributed by atoms with Crippen LogP contribution < -0.4 is 0 Å². The minimum atomic E-state index is 0.194. The van der Waals surface area contributed by atoms with Crippen LogP contribution in [0.2, 0.25) is 0 Å². The lowest BCUT2D eigenvalue weighted by molar-refractivity contribution is 0.362. The smallest absolute Gasteiger partial charge is 0.121 e. The molecule has 0 amide bonds. The standard InChI is InChI=1S/C19H19N3/c1-19(2)11-13-7-3-5-9-15(13)17-18(21-22-20-17)16-10-6-4-8-14(16)12-19/h3-10H,11-12H2,1-2H3,(H,20,21,22). The molecule has 0 fully saturated rings. The van der Waals surface area contributed by atoms with Crippen molar-refractivity contribution in [2.45, 2.75) is 26.7 Å². The molecule has 3 heteroatoms. The number of nitrogens with one attached hydrogen (secondary N) is 1. The second-order valence-electron chi connectivity index (χ2n) is 6.85. The Bertz CT molecular complexity index is 764. The van der Waals surface area contributed by atoms with E-state index in [4.69, 9.17) is 0 Å². The number of H-pyrrole nitrogens is 1. The first kappa shape index (κ1) is 13.3. The molecule has 4 rings (SSSR count). The molecule has 0 unspecified atom stereocenters. The average molecular weight is 289 g/mol. The van der Waals surface area contributed by atoms with Gasteiger partial charge in [-0.2, -0.15) is 15.4 Å². The fourth-order valence-electron chi connectivity index (χ4n) is 3.51. The summed E-state index contributed by atoms with van der Waals surface area (Å²) in [5.74, 6) is 0. The molecule has 3 aromatic rings. The topological polar surface area (TPSA) is 41.6 Å². The molecule has 0 radical (unpaired) electrons. The van der Waals surface area contributed by atoms with Crippen molar-refractivity contribution in [1.29, 1.82) is 0 Å². The minimum Gasteiger partial charge on any atom is -0.197 e. The molecule has 2 aromatic carbocycles. The van der Waals surface area contributed by atoms with E-state index in [1.54, 1.807) is 0 Å². The highest BCUT2D eigenvalue weighted by atomic mass is 15.3. The number of nitrogens with zero attached hydrogens (tertiary/aromatic N) is 2. The molecule has 1 heterocycles. The average Bonchev–Trinajstić information content (AvgIpc) is 2.96. The number of hydrogen-bond acceptors (Lipinski definition) is 2. The molecule has 0 spiro atoms. The summed E-state index contributed by atoms with van der Waals surface area (Å²) in [7, 11) is 0. The zero-order valence-electron chi connectivity index (χ0n) is 12.9. The highest BCUT2D eigenvalue weighted by molar-refractivity contribution is 5.81. The quantitative estimate of drug-likeness (QED) is 0.671. The minimum absolute atomic E-state index is 0.194. The van der Waals surface area contributed by atoms with Gasteiger partial charge in [0.1, 0.15) is 11.4 Å². The third-order valence-electron chi connectivity index (χ3n) is 4.43. The van der Waals surface area contributed by atoms with Crippen molar-refractivity contribution in [3.63, 3.8) is 0 Å². The van der Waals surface area contributed by atoms with Crippen molar-refractivity contribution >= 4 is 0 Å². The van der Waals surface area contributed by atoms with Crippen LogP contribution in [-0.4, -0.2) is 15.4 Å². The van der Waals surface area contributed by atoms with Crippen molar-refractivity contribution in [2.75, 3.05) is 0 Å². The molecule has 0 bridgehead atoms. The van der Waals surface area contributed by atoms with Crippen LogP contribution in [0.15, 0.2) is 48.5 Å². The summed E-state index contributed by atoms with van der Waals surface area (Å²) in [6, 6.07) is 17.1. The predicted octanol–water partition coefficient (Wildman–Crippen LogP) is 4.26. The fourth-order valence-corrected chi connectivity index (χ4v) is 3.51. The maximum Gasteiger partial charge on any atom is 0.121 e. The lowest BCUT2D eigenvalue weighted by Crippen LogP contribution is -2.18. The molecule has 1 aliphatic carbocycles. The van der Waals surface area contributed by atoms with E-state index in [2.05, 4.69) is 77.8 Å². The Morgan fingerprint density at radius 3 is 1.73 bits per heavy atom. The predicted molar refractivity (Wildman–Crippen MR) is 88.4 cm³/mol. The van der Waals surface area contributed by atoms with Crippen LogP contribution in [0.4, 0.5) is 0 Å². The molecule has 1 aromatic heterocycles. The van der Waals surface area contributed by atoms with Gasteiger partial charge in [-0.3, -0.25) is 0 Å². The maximum absolute atomic E-state index is 4.45. The van der Waals surface area contributed by atoms with Gasteiger partial charge in [0.05, 0.1) is 0 Å². The molecule has 0 saturated carbocycles. The van der Waals surface area contributed by atoms with Crippen LogP contribution in [0, 0.1) is 5.41 Å². The molecule has 1 aliphatic rings. The number of hydrogen-bond donors (Lipinski definition) is 1. The lowest BCUT2D eigenvalue weighted by atomic mass is 9.79. The SMILES string of the molecule is CC1(C)Cc2ccccc2-c2n[nH]nc2-c2ccccc2C1. The van der Waals surface area contributed by atoms with E-state index >= 15 is 0 Å². The van der Waals surface area contributed by atoms with E-state index in [1.165, 1.54) is 22.3 Å². The number of fused-ring (bicyclic) bond motifs is 5. The summed E-state index contributed by atoms with van der Waals surface area (Å²) in [4.78, 5) is 0. The molecule has 1 N–H and O–H groups in total. The molecule has 0 aliphatic heterocycles. The first-order valence-electron chi connectivity index (χ1n) is 7.71. The second kappa shape index (κ2) is 4.80. The van der Waals surface area contributed by atoms with Gasteiger partial charge in [0.15, 0.2) is 0 Å². The van der Waals surface area contributed by atoms with Gasteiger partial charge in [-0.1, -0.05) is 62.4 Å². The van der Waals surface area contributed by atoms with Crippen LogP contribution in [0.5, 0.6) is 0 Å². The third-order valence-corrected chi connectivity index (χ3v) is 4.43. The zero-order chi connectivity index (χ0) is 15.2. The summed E-state index contributed by atoms with van der Waals surface area (Å²) < 4.78 is 0. The first-order valence-corrected chi connectivity index (χ1v) is 7.71. The molecule has 110 valence electrons. The normalized spacial score (nSPS) is 15.7. The summed E-state index contributed by atoms with van der Waals surface area (Å²) in [6.07, 6.45) is 2.06. The van der Waals surface area contributed by atoms with E-state index in [-0.39, 0.29) is 5.41 Å². The van der Waals surface area contributed by atoms with Crippen LogP contribution >= 0.6 is 0 Å². The summed E-state index contributed by atoms with van der Waals surface area (Å²) in [5.41, 5.74) is 7.18. The summed E-state index contributed by atoms with van der Waals surface area (Å²) in [5, 5.41) is 11.7. The van der Waals surface area contributed by atoms with Gasteiger partial charge in [0, 0.05) is 11.1 Å². The number of aromatic amines is 1. The Hall–Kier alpha value is -2.42. The maximum atomic E-state index is 4.45. The highest BCUT2D eigenvalue weighted by Gasteiger charge is 2.27. The lowest BCUT2D eigenvalue weighted by Gasteiger charge is -2.25. The second-order valence-corrected chi connectivity index (χ2v) is 6.85. The van der Waals surface area contributed by atoms with Crippen molar-refractivity contribution in [2.24, 2.45) is 5.41 Å². The summed E-state index contributed by atoms with van der Waals surface area (Å²) in [6.45, 7) is 4.67. The molecular weight excluding hydrogens is 270 g/mol. The summed E-state index contributed by atoms with van der Waals surface area (Å²) >= 11 is 0. The molecule has 0 saturated heterocycles. The van der Waals surface area contributed by atoms with Crippen LogP contribution in [0.3, 0.4) is 0 Å². The third kappa shape index (κ3) is 2.13. The number of rotatable bonds is 0. The molecule has 0 atom stereocenters.